The summed E-state index contributed by atoms with van der Waals surface area (Å²) in [7, 11) is -4.36. The molecule has 48 heavy (non-hydrogen) atoms. The van der Waals surface area contributed by atoms with Crippen LogP contribution < -0.4 is 5.73 Å². The van der Waals surface area contributed by atoms with Crippen molar-refractivity contribution in [1.82, 2.24) is 0 Å². The molecule has 0 aromatic heterocycles. The summed E-state index contributed by atoms with van der Waals surface area (Å²) in [5.41, 5.74) is 5.30. The summed E-state index contributed by atoms with van der Waals surface area (Å²) in [5.74, 6) is -0.857. The molecule has 0 aliphatic rings. The van der Waals surface area contributed by atoms with E-state index < -0.39 is 32.5 Å². The first-order valence-electron chi connectivity index (χ1n) is 18.6. The predicted molar refractivity (Wildman–Crippen MR) is 196 cm³/mol. The topological polar surface area (TPSA) is 134 Å². The Morgan fingerprint density at radius 2 is 1.15 bits per heavy atom. The number of ether oxygens (including phenoxy) is 2. The highest BCUT2D eigenvalue weighted by atomic mass is 31.2. The molecule has 0 heterocycles. The summed E-state index contributed by atoms with van der Waals surface area (Å²) in [6.07, 6.45) is 37.8. The zero-order valence-corrected chi connectivity index (χ0v) is 31.1. The predicted octanol–water partition coefficient (Wildman–Crippen LogP) is 9.99. The fourth-order valence-corrected chi connectivity index (χ4v) is 5.51. The van der Waals surface area contributed by atoms with Crippen molar-refractivity contribution in [2.45, 2.75) is 155 Å². The highest BCUT2D eigenvalue weighted by molar-refractivity contribution is 7.47. The standard InChI is InChI=1S/C38H68NO8P/c1-3-5-7-9-10-11-12-13-14-15-16-17-18-19-20-21-22-23-24-25-26-27-29-31-38(41)47-36(35-46-48(42,43)45-33-32-39)34-44-37(40)30-28-8-6-4-2/h5,7,10-11,13-14,16-17,36H,3-4,6,8-9,12,15,18-35,39H2,1-2H3,(H,42,43)/b7-5-,11-10-,14-13-,17-16-. The van der Waals surface area contributed by atoms with Crippen LogP contribution in [0, 0.1) is 0 Å². The van der Waals surface area contributed by atoms with Crippen molar-refractivity contribution >= 4 is 19.8 Å². The third-order valence-corrected chi connectivity index (χ3v) is 8.46. The molecule has 2 unspecified atom stereocenters. The van der Waals surface area contributed by atoms with Gasteiger partial charge in [-0.15, -0.1) is 0 Å². The molecule has 2 atom stereocenters. The van der Waals surface area contributed by atoms with Crippen molar-refractivity contribution in [2.24, 2.45) is 5.73 Å². The third-order valence-electron chi connectivity index (χ3n) is 7.48. The second-order valence-corrected chi connectivity index (χ2v) is 13.5. The SMILES string of the molecule is CC/C=C\C/C=C\C/C=C\C/C=C\CCCCCCCCCCCCC(=O)OC(COC(=O)CCCCCC)COP(=O)(O)OCCN. The summed E-state index contributed by atoms with van der Waals surface area (Å²) < 4.78 is 32.3. The van der Waals surface area contributed by atoms with Crippen molar-refractivity contribution in [1.29, 1.82) is 0 Å². The minimum atomic E-state index is -4.36. The Morgan fingerprint density at radius 1 is 0.646 bits per heavy atom. The van der Waals surface area contributed by atoms with E-state index in [0.717, 1.165) is 77.0 Å². The van der Waals surface area contributed by atoms with E-state index in [1.807, 2.05) is 0 Å². The van der Waals surface area contributed by atoms with Gasteiger partial charge in [0.1, 0.15) is 6.61 Å². The smallest absolute Gasteiger partial charge is 0.462 e. The Balaban J connectivity index is 3.98. The van der Waals surface area contributed by atoms with Gasteiger partial charge in [0, 0.05) is 19.4 Å². The maximum Gasteiger partial charge on any atom is 0.472 e. The number of carbonyl (C=O) groups is 2. The van der Waals surface area contributed by atoms with Gasteiger partial charge >= 0.3 is 19.8 Å². The Bertz CT molecular complexity index is 934. The zero-order valence-electron chi connectivity index (χ0n) is 30.2. The highest BCUT2D eigenvalue weighted by Gasteiger charge is 2.25. The molecule has 3 N–H and O–H groups in total. The summed E-state index contributed by atoms with van der Waals surface area (Å²) in [6.45, 7) is 3.46. The maximum atomic E-state index is 12.4. The third kappa shape index (κ3) is 33.9. The first kappa shape index (κ1) is 46.0. The summed E-state index contributed by atoms with van der Waals surface area (Å²) in [5, 5.41) is 0. The second-order valence-electron chi connectivity index (χ2n) is 12.1. The van der Waals surface area contributed by atoms with Gasteiger partial charge in [0.05, 0.1) is 13.2 Å². The molecule has 0 rings (SSSR count). The molecule has 0 aromatic carbocycles. The molecule has 0 radical (unpaired) electrons. The first-order chi connectivity index (χ1) is 23.3. The van der Waals surface area contributed by atoms with E-state index in [4.69, 9.17) is 24.3 Å². The molecule has 0 fully saturated rings. The average molecular weight is 698 g/mol. The van der Waals surface area contributed by atoms with Gasteiger partial charge in [-0.05, 0) is 51.4 Å². The number of carbonyl (C=O) groups excluding carboxylic acids is 2. The zero-order chi connectivity index (χ0) is 35.4. The lowest BCUT2D eigenvalue weighted by Gasteiger charge is -2.19. The molecular formula is C38H68NO8P. The van der Waals surface area contributed by atoms with Crippen LogP contribution in [0.5, 0.6) is 0 Å². The number of unbranched alkanes of at least 4 members (excludes halogenated alkanes) is 13. The number of rotatable bonds is 34. The molecule has 0 saturated carbocycles. The van der Waals surface area contributed by atoms with Crippen molar-refractivity contribution in [3.63, 3.8) is 0 Å². The lowest BCUT2D eigenvalue weighted by Crippen LogP contribution is -2.29. The van der Waals surface area contributed by atoms with Crippen LogP contribution in [0.1, 0.15) is 149 Å². The van der Waals surface area contributed by atoms with Crippen LogP contribution in [0.2, 0.25) is 0 Å². The van der Waals surface area contributed by atoms with Crippen LogP contribution in [0.15, 0.2) is 48.6 Å². The number of hydrogen-bond acceptors (Lipinski definition) is 8. The molecule has 0 aromatic rings. The number of nitrogens with two attached hydrogens (primary N) is 1. The van der Waals surface area contributed by atoms with Crippen LogP contribution >= 0.6 is 7.82 Å². The number of allylic oxidation sites excluding steroid dienone is 8. The molecule has 0 spiro atoms. The average Bonchev–Trinajstić information content (AvgIpc) is 3.07. The lowest BCUT2D eigenvalue weighted by molar-refractivity contribution is -0.161. The quantitative estimate of drug-likeness (QED) is 0.0291. The molecule has 0 saturated heterocycles. The molecule has 9 nitrogen and oxygen atoms in total. The van der Waals surface area contributed by atoms with Gasteiger partial charge < -0.3 is 20.1 Å². The van der Waals surface area contributed by atoms with Crippen LogP contribution in [-0.4, -0.2) is 49.3 Å². The molecule has 278 valence electrons. The molecule has 0 amide bonds. The van der Waals surface area contributed by atoms with Crippen LogP contribution in [0.3, 0.4) is 0 Å². The minimum absolute atomic E-state index is 0.0513. The van der Waals surface area contributed by atoms with E-state index in [0.29, 0.717) is 6.42 Å². The van der Waals surface area contributed by atoms with Crippen molar-refractivity contribution in [2.75, 3.05) is 26.4 Å². The number of phosphoric ester groups is 1. The number of phosphoric acid groups is 1. The van der Waals surface area contributed by atoms with E-state index >= 15 is 0 Å². The monoisotopic (exact) mass is 697 g/mol. The van der Waals surface area contributed by atoms with Crippen molar-refractivity contribution in [3.05, 3.63) is 48.6 Å². The normalized spacial score (nSPS) is 14.0. The summed E-state index contributed by atoms with van der Waals surface area (Å²) >= 11 is 0. The molecular weight excluding hydrogens is 629 g/mol. The first-order valence-corrected chi connectivity index (χ1v) is 20.1. The maximum absolute atomic E-state index is 12.4. The highest BCUT2D eigenvalue weighted by Crippen LogP contribution is 2.43. The lowest BCUT2D eigenvalue weighted by atomic mass is 10.0. The molecule has 10 heteroatoms. The van der Waals surface area contributed by atoms with Gasteiger partial charge in [-0.3, -0.25) is 18.6 Å². The van der Waals surface area contributed by atoms with Crippen LogP contribution in [-0.2, 0) is 32.7 Å². The van der Waals surface area contributed by atoms with Crippen molar-refractivity contribution in [3.8, 4) is 0 Å². The molecule has 0 aliphatic heterocycles. The van der Waals surface area contributed by atoms with Gasteiger partial charge in [-0.1, -0.05) is 133 Å². The van der Waals surface area contributed by atoms with Crippen molar-refractivity contribution < 1.29 is 37.6 Å². The summed E-state index contributed by atoms with van der Waals surface area (Å²) in [6, 6.07) is 0. The second kappa shape index (κ2) is 34.8. The van der Waals surface area contributed by atoms with E-state index in [1.165, 1.54) is 38.5 Å². The van der Waals surface area contributed by atoms with Crippen LogP contribution in [0.25, 0.3) is 0 Å². The Hall–Kier alpha value is -2.03. The van der Waals surface area contributed by atoms with Gasteiger partial charge in [0.2, 0.25) is 0 Å². The minimum Gasteiger partial charge on any atom is -0.462 e. The van der Waals surface area contributed by atoms with E-state index in [-0.39, 0.29) is 32.6 Å². The largest absolute Gasteiger partial charge is 0.472 e. The number of esters is 2. The van der Waals surface area contributed by atoms with E-state index in [9.17, 15) is 19.0 Å². The Morgan fingerprint density at radius 3 is 1.71 bits per heavy atom. The van der Waals surface area contributed by atoms with Crippen LogP contribution in [0.4, 0.5) is 0 Å². The van der Waals surface area contributed by atoms with E-state index in [1.54, 1.807) is 0 Å². The molecule has 0 aliphatic carbocycles. The summed E-state index contributed by atoms with van der Waals surface area (Å²) in [4.78, 5) is 34.3. The Labute approximate surface area is 292 Å². The van der Waals surface area contributed by atoms with E-state index in [2.05, 4.69) is 62.5 Å². The number of hydrogen-bond donors (Lipinski definition) is 2. The fraction of sp³-hybridized carbons (Fsp3) is 0.737. The van der Waals surface area contributed by atoms with Gasteiger partial charge in [0.25, 0.3) is 0 Å². The van der Waals surface area contributed by atoms with Gasteiger partial charge in [-0.25, -0.2) is 4.57 Å². The van der Waals surface area contributed by atoms with Gasteiger partial charge in [-0.2, -0.15) is 0 Å². The van der Waals surface area contributed by atoms with Gasteiger partial charge in [0.15, 0.2) is 6.10 Å². The fourth-order valence-electron chi connectivity index (χ4n) is 4.74. The molecule has 0 bridgehead atoms. The Kier molecular flexibility index (Phi) is 33.3.